The van der Waals surface area contributed by atoms with E-state index >= 15 is 0 Å². The van der Waals surface area contributed by atoms with Crippen LogP contribution in [0.3, 0.4) is 0 Å². The second-order valence-electron chi connectivity index (χ2n) is 1.82. The van der Waals surface area contributed by atoms with E-state index in [4.69, 9.17) is 11.5 Å². The molecule has 0 aliphatic heterocycles. The lowest BCUT2D eigenvalue weighted by atomic mass is 10.5. The maximum absolute atomic E-state index is 5.29. The summed E-state index contributed by atoms with van der Waals surface area (Å²) in [6.07, 6.45) is 0.719. The van der Waals surface area contributed by atoms with Crippen molar-refractivity contribution >= 4 is 20.3 Å². The van der Waals surface area contributed by atoms with E-state index in [1.807, 2.05) is 6.92 Å². The molecule has 1 heterocycles. The molecule has 0 aromatic carbocycles. The molecule has 0 aliphatic rings. The summed E-state index contributed by atoms with van der Waals surface area (Å²) in [6, 6.07) is 0. The van der Waals surface area contributed by atoms with Gasteiger partial charge in [0, 0.05) is 6.42 Å². The van der Waals surface area contributed by atoms with Crippen molar-refractivity contribution in [1.82, 2.24) is 15.0 Å². The standard InChI is InChI=1S/C5H9N5.BH3.3FH/c1-2-3-8-4(6)10-5(7)9-3;;;;/h2H2,1H3,(H4,6,7,8,9,10);1H3;3*1H. The average molecular weight is 213 g/mol. The summed E-state index contributed by atoms with van der Waals surface area (Å²) in [5, 5.41) is 0. The summed E-state index contributed by atoms with van der Waals surface area (Å²) in [7, 11) is 0. The van der Waals surface area contributed by atoms with Gasteiger partial charge in [-0.25, -0.2) is 0 Å². The van der Waals surface area contributed by atoms with E-state index in [2.05, 4.69) is 15.0 Å². The average Bonchev–Trinajstić information content (AvgIpc) is 1.85. The van der Waals surface area contributed by atoms with Crippen molar-refractivity contribution in [2.24, 2.45) is 0 Å². The van der Waals surface area contributed by atoms with Crippen LogP contribution in [-0.4, -0.2) is 23.4 Å². The van der Waals surface area contributed by atoms with Crippen molar-refractivity contribution in [3.63, 3.8) is 0 Å². The molecule has 1 aromatic rings. The highest BCUT2D eigenvalue weighted by Gasteiger charge is 1.96. The third kappa shape index (κ3) is 6.03. The minimum absolute atomic E-state index is 0. The van der Waals surface area contributed by atoms with Gasteiger partial charge in [0.1, 0.15) is 5.82 Å². The molecule has 1 aromatic heterocycles. The van der Waals surface area contributed by atoms with Crippen molar-refractivity contribution in [2.75, 3.05) is 11.5 Å². The van der Waals surface area contributed by atoms with Gasteiger partial charge in [-0.3, -0.25) is 14.1 Å². The van der Waals surface area contributed by atoms with Crippen molar-refractivity contribution in [2.45, 2.75) is 13.3 Å². The van der Waals surface area contributed by atoms with E-state index in [-0.39, 0.29) is 34.4 Å². The lowest BCUT2D eigenvalue weighted by molar-refractivity contribution is 0.916. The number of hydrogen-bond donors (Lipinski definition) is 2. The van der Waals surface area contributed by atoms with Crippen LogP contribution >= 0.6 is 0 Å². The first-order valence-electron chi connectivity index (χ1n) is 2.98. The quantitative estimate of drug-likeness (QED) is 0.576. The van der Waals surface area contributed by atoms with E-state index < -0.39 is 0 Å². The van der Waals surface area contributed by atoms with Crippen LogP contribution in [0.4, 0.5) is 26.0 Å². The second-order valence-corrected chi connectivity index (χ2v) is 1.82. The molecule has 0 saturated carbocycles. The molecule has 0 aliphatic carbocycles. The highest BCUT2D eigenvalue weighted by molar-refractivity contribution is 5.75. The predicted molar refractivity (Wildman–Crippen MR) is 55.5 cm³/mol. The lowest BCUT2D eigenvalue weighted by Crippen LogP contribution is -2.05. The monoisotopic (exact) mass is 213 g/mol. The van der Waals surface area contributed by atoms with Gasteiger partial charge >= 0.3 is 0 Å². The summed E-state index contributed by atoms with van der Waals surface area (Å²) < 4.78 is 0. The summed E-state index contributed by atoms with van der Waals surface area (Å²) in [4.78, 5) is 11.3. The molecule has 0 saturated heterocycles. The van der Waals surface area contributed by atoms with Gasteiger partial charge in [0.05, 0.1) is 8.41 Å². The first kappa shape index (κ1) is 22.9. The zero-order chi connectivity index (χ0) is 7.56. The Balaban J connectivity index is -0.000000125. The normalized spacial score (nSPS) is 6.93. The maximum Gasteiger partial charge on any atom is 0.225 e. The summed E-state index contributed by atoms with van der Waals surface area (Å²) in [5.74, 6) is 0.999. The van der Waals surface area contributed by atoms with Crippen LogP contribution in [0.2, 0.25) is 0 Å². The number of rotatable bonds is 1. The van der Waals surface area contributed by atoms with Crippen LogP contribution in [0.5, 0.6) is 0 Å². The van der Waals surface area contributed by atoms with Gasteiger partial charge < -0.3 is 11.5 Å². The topological polar surface area (TPSA) is 90.7 Å². The van der Waals surface area contributed by atoms with E-state index in [0.717, 1.165) is 6.42 Å². The van der Waals surface area contributed by atoms with Gasteiger partial charge in [-0.15, -0.1) is 0 Å². The minimum Gasteiger partial charge on any atom is -0.368 e. The van der Waals surface area contributed by atoms with Crippen LogP contribution < -0.4 is 11.5 Å². The number of nitrogens with two attached hydrogens (primary N) is 2. The molecule has 4 N–H and O–H groups in total. The van der Waals surface area contributed by atoms with Gasteiger partial charge in [-0.05, 0) is 0 Å². The molecule has 0 radical (unpaired) electrons. The second kappa shape index (κ2) is 9.55. The van der Waals surface area contributed by atoms with Crippen molar-refractivity contribution in [3.05, 3.63) is 5.82 Å². The molecule has 0 unspecified atom stereocenters. The molecule has 1 rings (SSSR count). The summed E-state index contributed by atoms with van der Waals surface area (Å²) in [5.41, 5.74) is 10.6. The molecule has 0 amide bonds. The smallest absolute Gasteiger partial charge is 0.225 e. The van der Waals surface area contributed by atoms with Crippen LogP contribution in [0.1, 0.15) is 12.7 Å². The van der Waals surface area contributed by atoms with Crippen LogP contribution in [0.15, 0.2) is 0 Å². The third-order valence-electron chi connectivity index (χ3n) is 1.03. The molecule has 14 heavy (non-hydrogen) atoms. The Morgan fingerprint density at radius 1 is 0.929 bits per heavy atom. The van der Waals surface area contributed by atoms with Gasteiger partial charge in [0.25, 0.3) is 0 Å². The molecule has 9 heteroatoms. The zero-order valence-corrected chi connectivity index (χ0v) is 6.93. The molecule has 0 fully saturated rings. The predicted octanol–water partition coefficient (Wildman–Crippen LogP) is -1.13. The number of aromatic nitrogens is 3. The molecule has 0 atom stereocenters. The van der Waals surface area contributed by atoms with Crippen LogP contribution in [0.25, 0.3) is 0 Å². The number of halogens is 3. The fourth-order valence-corrected chi connectivity index (χ4v) is 0.615. The van der Waals surface area contributed by atoms with Gasteiger partial charge in [0.2, 0.25) is 11.9 Å². The highest BCUT2D eigenvalue weighted by Crippen LogP contribution is 1.97. The third-order valence-corrected chi connectivity index (χ3v) is 1.03. The first-order chi connectivity index (χ1) is 4.72. The van der Waals surface area contributed by atoms with Gasteiger partial charge in [-0.2, -0.15) is 15.0 Å². The number of nitrogen functional groups attached to an aromatic ring is 2. The maximum atomic E-state index is 5.29. The number of aryl methyl sites for hydroxylation is 1. The number of hydrogen-bond acceptors (Lipinski definition) is 5. The SMILES string of the molecule is B.CCc1nc(N)nc(N)n1.F.F.F. The molecular formula is C5H15BF3N5. The van der Waals surface area contributed by atoms with Gasteiger partial charge in [0.15, 0.2) is 0 Å². The van der Waals surface area contributed by atoms with Crippen molar-refractivity contribution in [3.8, 4) is 0 Å². The Bertz CT molecular complexity index is 229. The largest absolute Gasteiger partial charge is 0.368 e. The summed E-state index contributed by atoms with van der Waals surface area (Å²) in [6.45, 7) is 1.92. The number of nitrogens with zero attached hydrogens (tertiary/aromatic N) is 3. The Hall–Kier alpha value is -1.54. The molecule has 0 bridgehead atoms. The Labute approximate surface area is 81.0 Å². The lowest BCUT2D eigenvalue weighted by Gasteiger charge is -1.96. The number of anilines is 2. The van der Waals surface area contributed by atoms with Crippen molar-refractivity contribution in [1.29, 1.82) is 0 Å². The summed E-state index contributed by atoms with van der Waals surface area (Å²) >= 11 is 0. The first-order valence-corrected chi connectivity index (χ1v) is 2.98. The molecule has 84 valence electrons. The zero-order valence-electron chi connectivity index (χ0n) is 6.93. The van der Waals surface area contributed by atoms with E-state index in [1.54, 1.807) is 0 Å². The van der Waals surface area contributed by atoms with E-state index in [9.17, 15) is 0 Å². The minimum atomic E-state index is 0. The Kier molecular flexibility index (Phi) is 15.6. The molecular weight excluding hydrogens is 198 g/mol. The Morgan fingerprint density at radius 3 is 1.57 bits per heavy atom. The van der Waals surface area contributed by atoms with E-state index in [0.29, 0.717) is 5.82 Å². The van der Waals surface area contributed by atoms with E-state index in [1.165, 1.54) is 0 Å². The fourth-order valence-electron chi connectivity index (χ4n) is 0.615. The molecule has 0 spiro atoms. The highest BCUT2D eigenvalue weighted by atomic mass is 19.0. The van der Waals surface area contributed by atoms with Crippen LogP contribution in [0, 0.1) is 0 Å². The van der Waals surface area contributed by atoms with Crippen LogP contribution in [-0.2, 0) is 6.42 Å². The molecule has 5 nitrogen and oxygen atoms in total. The fraction of sp³-hybridized carbons (Fsp3) is 0.400. The van der Waals surface area contributed by atoms with Crippen molar-refractivity contribution < 1.29 is 14.1 Å². The van der Waals surface area contributed by atoms with Gasteiger partial charge in [-0.1, -0.05) is 6.92 Å². The Morgan fingerprint density at radius 2 is 1.29 bits per heavy atom.